The Morgan fingerprint density at radius 1 is 0.891 bits per heavy atom. The lowest BCUT2D eigenvalue weighted by molar-refractivity contribution is -0.137. The van der Waals surface area contributed by atoms with Gasteiger partial charge in [0.05, 0.1) is 12.1 Å². The van der Waals surface area contributed by atoms with Crippen molar-refractivity contribution in [3.63, 3.8) is 0 Å². The first kappa shape index (κ1) is 30.1. The number of piperidine rings is 1. The molecule has 0 amide bonds. The molecule has 8 nitrogen and oxygen atoms in total. The van der Waals surface area contributed by atoms with Gasteiger partial charge in [-0.1, -0.05) is 72.8 Å². The number of aliphatic imine (C=N–C) groups is 1. The number of anilines is 1. The summed E-state index contributed by atoms with van der Waals surface area (Å²) in [6, 6.07) is 27.9. The van der Waals surface area contributed by atoms with Crippen LogP contribution in [-0.4, -0.2) is 49.7 Å². The minimum Gasteiger partial charge on any atom is -0.481 e. The summed E-state index contributed by atoms with van der Waals surface area (Å²) >= 11 is 1.66. The molecule has 1 saturated heterocycles. The number of carbonyl (C=O) groups is 1. The average molecular weight is 632 g/mol. The first-order valence-corrected chi connectivity index (χ1v) is 16.6. The Morgan fingerprint density at radius 3 is 2.09 bits per heavy atom. The van der Waals surface area contributed by atoms with Crippen molar-refractivity contribution in [1.82, 2.24) is 14.8 Å². The standard InChI is InChI=1S/C37H37N5O3S/c1-23-24(2)46-36-33(23)34(38-31(22-32(43)44)35-40-39-25(3)42(35)36)26-14-16-30(17-15-26)41-20-18-29(19-21-41)37(45,27-10-6-4-7-11-27)28-12-8-5-9-13-28/h4-17,29,31,45H,18-22H2,1-3H3,(H,43,44)/t31-/m0/s1. The molecular weight excluding hydrogens is 595 g/mol. The number of aliphatic carboxylic acids is 1. The Balaban J connectivity index is 1.17. The summed E-state index contributed by atoms with van der Waals surface area (Å²) in [5, 5.41) is 31.7. The van der Waals surface area contributed by atoms with Gasteiger partial charge in [-0.05, 0) is 68.4 Å². The number of thiophene rings is 1. The minimum absolute atomic E-state index is 0.0759. The van der Waals surface area contributed by atoms with Crippen LogP contribution >= 0.6 is 11.3 Å². The number of aliphatic hydroxyl groups is 1. The van der Waals surface area contributed by atoms with Gasteiger partial charge in [-0.2, -0.15) is 0 Å². The van der Waals surface area contributed by atoms with E-state index in [0.717, 1.165) is 76.0 Å². The zero-order valence-electron chi connectivity index (χ0n) is 26.2. The van der Waals surface area contributed by atoms with Crippen LogP contribution in [0.15, 0.2) is 89.9 Å². The largest absolute Gasteiger partial charge is 0.481 e. The summed E-state index contributed by atoms with van der Waals surface area (Å²) in [7, 11) is 0. The van der Waals surface area contributed by atoms with Crippen LogP contribution in [0.4, 0.5) is 5.69 Å². The van der Waals surface area contributed by atoms with Gasteiger partial charge in [-0.25, -0.2) is 0 Å². The number of carboxylic acids is 1. The van der Waals surface area contributed by atoms with E-state index in [1.165, 1.54) is 4.88 Å². The quantitative estimate of drug-likeness (QED) is 0.205. The van der Waals surface area contributed by atoms with Crippen molar-refractivity contribution in [3.05, 3.63) is 129 Å². The Kier molecular flexibility index (Phi) is 7.82. The summed E-state index contributed by atoms with van der Waals surface area (Å²) < 4.78 is 1.98. The summed E-state index contributed by atoms with van der Waals surface area (Å²) in [4.78, 5) is 20.5. The lowest BCUT2D eigenvalue weighted by Gasteiger charge is -2.43. The van der Waals surface area contributed by atoms with E-state index in [1.807, 2.05) is 72.2 Å². The zero-order chi connectivity index (χ0) is 32.0. The monoisotopic (exact) mass is 631 g/mol. The van der Waals surface area contributed by atoms with Crippen molar-refractivity contribution in [3.8, 4) is 5.00 Å². The molecule has 4 heterocycles. The van der Waals surface area contributed by atoms with E-state index in [1.54, 1.807) is 11.3 Å². The number of rotatable bonds is 7. The van der Waals surface area contributed by atoms with E-state index in [4.69, 9.17) is 4.99 Å². The van der Waals surface area contributed by atoms with Gasteiger partial charge in [0.25, 0.3) is 0 Å². The summed E-state index contributed by atoms with van der Waals surface area (Å²) in [5.41, 5.74) is 5.79. The molecule has 9 heteroatoms. The molecule has 2 aliphatic rings. The molecule has 46 heavy (non-hydrogen) atoms. The lowest BCUT2D eigenvalue weighted by atomic mass is 9.72. The molecule has 3 aromatic carbocycles. The second-order valence-electron chi connectivity index (χ2n) is 12.3. The van der Waals surface area contributed by atoms with Crippen LogP contribution in [-0.2, 0) is 10.4 Å². The van der Waals surface area contributed by atoms with Gasteiger partial charge in [0.1, 0.15) is 22.5 Å². The third kappa shape index (κ3) is 5.13. The highest BCUT2D eigenvalue weighted by Crippen LogP contribution is 2.43. The second-order valence-corrected chi connectivity index (χ2v) is 13.5. The Morgan fingerprint density at radius 2 is 1.50 bits per heavy atom. The van der Waals surface area contributed by atoms with Crippen LogP contribution in [0.5, 0.6) is 0 Å². The molecule has 1 atom stereocenters. The van der Waals surface area contributed by atoms with Crippen molar-refractivity contribution < 1.29 is 15.0 Å². The summed E-state index contributed by atoms with van der Waals surface area (Å²) in [5.74, 6) is 0.424. The molecule has 2 aromatic heterocycles. The van der Waals surface area contributed by atoms with Gasteiger partial charge in [0.15, 0.2) is 5.82 Å². The molecule has 7 rings (SSSR count). The summed E-state index contributed by atoms with van der Waals surface area (Å²) in [6.45, 7) is 7.75. The highest BCUT2D eigenvalue weighted by Gasteiger charge is 2.41. The Labute approximate surface area is 272 Å². The highest BCUT2D eigenvalue weighted by molar-refractivity contribution is 7.15. The van der Waals surface area contributed by atoms with Gasteiger partial charge >= 0.3 is 5.97 Å². The fraction of sp³-hybridized carbons (Fsp3) is 0.297. The first-order valence-electron chi connectivity index (χ1n) is 15.8. The van der Waals surface area contributed by atoms with Gasteiger partial charge in [-0.15, -0.1) is 21.5 Å². The van der Waals surface area contributed by atoms with E-state index in [2.05, 4.69) is 53.2 Å². The number of aryl methyl sites for hydroxylation is 2. The third-order valence-electron chi connectivity index (χ3n) is 9.63. The fourth-order valence-electron chi connectivity index (χ4n) is 7.10. The number of hydrogen-bond acceptors (Lipinski definition) is 7. The van der Waals surface area contributed by atoms with Gasteiger partial charge in [-0.3, -0.25) is 14.4 Å². The number of nitrogens with zero attached hydrogens (tertiary/aromatic N) is 5. The molecule has 0 unspecified atom stereocenters. The molecule has 2 N–H and O–H groups in total. The predicted octanol–water partition coefficient (Wildman–Crippen LogP) is 6.77. The maximum absolute atomic E-state index is 12.3. The van der Waals surface area contributed by atoms with Crippen LogP contribution < -0.4 is 4.90 Å². The number of hydrogen-bond donors (Lipinski definition) is 2. The van der Waals surface area contributed by atoms with Gasteiger partial charge in [0, 0.05) is 34.8 Å². The normalized spacial score (nSPS) is 16.8. The molecule has 2 aliphatic heterocycles. The zero-order valence-corrected chi connectivity index (χ0v) is 27.0. The van der Waals surface area contributed by atoms with Crippen molar-refractivity contribution in [2.24, 2.45) is 10.9 Å². The second kappa shape index (κ2) is 12.0. The maximum Gasteiger partial charge on any atom is 0.306 e. The van der Waals surface area contributed by atoms with E-state index in [0.29, 0.717) is 5.82 Å². The number of fused-ring (bicyclic) bond motifs is 3. The van der Waals surface area contributed by atoms with Crippen LogP contribution in [0.25, 0.3) is 5.00 Å². The fourth-order valence-corrected chi connectivity index (χ4v) is 8.31. The molecule has 0 spiro atoms. The maximum atomic E-state index is 12.3. The van der Waals surface area contributed by atoms with Crippen molar-refractivity contribution >= 4 is 28.7 Å². The van der Waals surface area contributed by atoms with E-state index in [9.17, 15) is 15.0 Å². The Hall–Kier alpha value is -4.60. The topological polar surface area (TPSA) is 104 Å². The molecule has 0 saturated carbocycles. The molecule has 234 valence electrons. The van der Waals surface area contributed by atoms with Crippen molar-refractivity contribution in [2.45, 2.75) is 51.7 Å². The van der Waals surface area contributed by atoms with Crippen LogP contribution in [0, 0.1) is 26.7 Å². The molecule has 1 fully saturated rings. The van der Waals surface area contributed by atoms with Gasteiger partial charge in [0.2, 0.25) is 0 Å². The minimum atomic E-state index is -1.06. The van der Waals surface area contributed by atoms with Crippen LogP contribution in [0.3, 0.4) is 0 Å². The molecule has 5 aromatic rings. The molecule has 0 aliphatic carbocycles. The third-order valence-corrected chi connectivity index (χ3v) is 10.8. The number of aromatic nitrogens is 3. The van der Waals surface area contributed by atoms with Crippen LogP contribution in [0.1, 0.15) is 69.6 Å². The van der Waals surface area contributed by atoms with E-state index < -0.39 is 17.6 Å². The Bertz CT molecular complexity index is 1870. The SMILES string of the molecule is Cc1sc2c(c1C)C(c1ccc(N3CCC(C(O)(c4ccccc4)c4ccccc4)CC3)cc1)=N[C@@H](CC(=O)O)c1nnc(C)n1-2. The van der Waals surface area contributed by atoms with Crippen molar-refractivity contribution in [1.29, 1.82) is 0 Å². The lowest BCUT2D eigenvalue weighted by Crippen LogP contribution is -2.44. The molecule has 0 bridgehead atoms. The van der Waals surface area contributed by atoms with Crippen molar-refractivity contribution in [2.75, 3.05) is 18.0 Å². The average Bonchev–Trinajstić information content (AvgIpc) is 3.56. The predicted molar refractivity (Wildman–Crippen MR) is 181 cm³/mol. The van der Waals surface area contributed by atoms with E-state index in [-0.39, 0.29) is 12.3 Å². The smallest absolute Gasteiger partial charge is 0.306 e. The summed E-state index contributed by atoms with van der Waals surface area (Å²) in [6.07, 6.45) is 1.53. The first-order chi connectivity index (χ1) is 22.3. The molecular formula is C37H37N5O3S. The van der Waals surface area contributed by atoms with Gasteiger partial charge < -0.3 is 15.1 Å². The number of carboxylic acid groups (broad SMARTS) is 1. The van der Waals surface area contributed by atoms with E-state index >= 15 is 0 Å². The van der Waals surface area contributed by atoms with Crippen LogP contribution in [0.2, 0.25) is 0 Å². The highest BCUT2D eigenvalue weighted by atomic mass is 32.1. The number of benzene rings is 3. The molecule has 0 radical (unpaired) electrons.